The molecule has 0 aromatic carbocycles. The first-order valence-electron chi connectivity index (χ1n) is 3.72. The van der Waals surface area contributed by atoms with Crippen molar-refractivity contribution < 1.29 is 13.2 Å². The SMILES string of the molecule is N=CC(Br)C(=N)n1ccc(C(F)(F)F)n1. The third-order valence-electron chi connectivity index (χ3n) is 1.53. The van der Waals surface area contributed by atoms with E-state index in [0.29, 0.717) is 0 Å². The van der Waals surface area contributed by atoms with Gasteiger partial charge in [-0.05, 0) is 6.07 Å². The van der Waals surface area contributed by atoms with Gasteiger partial charge >= 0.3 is 6.18 Å². The maximum atomic E-state index is 12.1. The minimum absolute atomic E-state index is 0.250. The molecule has 0 saturated heterocycles. The van der Waals surface area contributed by atoms with Gasteiger partial charge in [0, 0.05) is 12.4 Å². The molecule has 0 saturated carbocycles. The van der Waals surface area contributed by atoms with Gasteiger partial charge in [0.25, 0.3) is 0 Å². The van der Waals surface area contributed by atoms with Crippen LogP contribution in [0.15, 0.2) is 12.3 Å². The van der Waals surface area contributed by atoms with Gasteiger partial charge in [0.1, 0.15) is 10.7 Å². The van der Waals surface area contributed by atoms with Gasteiger partial charge in [0.2, 0.25) is 0 Å². The summed E-state index contributed by atoms with van der Waals surface area (Å²) in [6.45, 7) is 0. The Morgan fingerprint density at radius 1 is 1.60 bits per heavy atom. The molecule has 0 radical (unpaired) electrons. The van der Waals surface area contributed by atoms with Crippen LogP contribution < -0.4 is 0 Å². The van der Waals surface area contributed by atoms with Gasteiger partial charge < -0.3 is 5.41 Å². The highest BCUT2D eigenvalue weighted by Crippen LogP contribution is 2.27. The zero-order chi connectivity index (χ0) is 11.6. The van der Waals surface area contributed by atoms with Crippen LogP contribution in [0.1, 0.15) is 5.69 Å². The van der Waals surface area contributed by atoms with Gasteiger partial charge in [-0.2, -0.15) is 18.3 Å². The van der Waals surface area contributed by atoms with Crippen molar-refractivity contribution in [1.29, 1.82) is 10.8 Å². The standard InChI is InChI=1S/C7H6BrF3N4/c8-4(3-12)6(13)15-2-1-5(14-15)7(9,10)11/h1-4,12-13H. The van der Waals surface area contributed by atoms with Crippen molar-refractivity contribution in [1.82, 2.24) is 9.78 Å². The van der Waals surface area contributed by atoms with E-state index in [-0.39, 0.29) is 5.84 Å². The van der Waals surface area contributed by atoms with E-state index >= 15 is 0 Å². The Bertz CT molecular complexity index is 384. The molecule has 1 aromatic rings. The van der Waals surface area contributed by atoms with Crippen LogP contribution in [-0.2, 0) is 6.18 Å². The Hall–Kier alpha value is -1.18. The van der Waals surface area contributed by atoms with E-state index in [9.17, 15) is 13.2 Å². The lowest BCUT2D eigenvalue weighted by molar-refractivity contribution is -0.141. The number of nitrogens with zero attached hydrogens (tertiary/aromatic N) is 2. The van der Waals surface area contributed by atoms with Crippen LogP contribution in [0.2, 0.25) is 0 Å². The predicted molar refractivity (Wildman–Crippen MR) is 51.9 cm³/mol. The van der Waals surface area contributed by atoms with E-state index in [1.54, 1.807) is 0 Å². The molecule has 15 heavy (non-hydrogen) atoms. The Kier molecular flexibility index (Phi) is 3.28. The number of nitrogens with one attached hydrogen (secondary N) is 2. The van der Waals surface area contributed by atoms with Gasteiger partial charge in [0.15, 0.2) is 5.69 Å². The van der Waals surface area contributed by atoms with Crippen molar-refractivity contribution in [3.63, 3.8) is 0 Å². The topological polar surface area (TPSA) is 65.5 Å². The van der Waals surface area contributed by atoms with Crippen molar-refractivity contribution in [2.45, 2.75) is 11.0 Å². The highest BCUT2D eigenvalue weighted by molar-refractivity contribution is 9.10. The summed E-state index contributed by atoms with van der Waals surface area (Å²) in [6.07, 6.45) is -2.60. The zero-order valence-corrected chi connectivity index (χ0v) is 8.80. The molecular weight excluding hydrogens is 277 g/mol. The second-order valence-electron chi connectivity index (χ2n) is 2.60. The van der Waals surface area contributed by atoms with E-state index in [2.05, 4.69) is 21.0 Å². The lowest BCUT2D eigenvalue weighted by Crippen LogP contribution is -2.23. The normalized spacial score (nSPS) is 13.6. The zero-order valence-electron chi connectivity index (χ0n) is 7.22. The summed E-state index contributed by atoms with van der Waals surface area (Å²) in [4.78, 5) is -0.751. The van der Waals surface area contributed by atoms with Crippen molar-refractivity contribution in [3.8, 4) is 0 Å². The van der Waals surface area contributed by atoms with Crippen LogP contribution in [-0.4, -0.2) is 26.7 Å². The molecule has 1 aromatic heterocycles. The third-order valence-corrected chi connectivity index (χ3v) is 2.23. The van der Waals surface area contributed by atoms with Crippen LogP contribution in [0.5, 0.6) is 0 Å². The monoisotopic (exact) mass is 282 g/mol. The summed E-state index contributed by atoms with van der Waals surface area (Å²) in [7, 11) is 0. The average molecular weight is 283 g/mol. The second kappa shape index (κ2) is 4.13. The summed E-state index contributed by atoms with van der Waals surface area (Å²) >= 11 is 2.93. The van der Waals surface area contributed by atoms with E-state index in [1.807, 2.05) is 0 Å². The van der Waals surface area contributed by atoms with E-state index in [0.717, 1.165) is 23.2 Å². The number of rotatable bonds is 2. The Balaban J connectivity index is 2.94. The Morgan fingerprint density at radius 3 is 2.60 bits per heavy atom. The van der Waals surface area contributed by atoms with Crippen molar-refractivity contribution in [3.05, 3.63) is 18.0 Å². The van der Waals surface area contributed by atoms with Gasteiger partial charge in [-0.1, -0.05) is 15.9 Å². The van der Waals surface area contributed by atoms with Gasteiger partial charge in [0.05, 0.1) is 0 Å². The van der Waals surface area contributed by atoms with Crippen molar-refractivity contribution in [2.75, 3.05) is 0 Å². The van der Waals surface area contributed by atoms with Crippen LogP contribution in [0.25, 0.3) is 0 Å². The highest BCUT2D eigenvalue weighted by atomic mass is 79.9. The minimum Gasteiger partial charge on any atom is -0.311 e. The quantitative estimate of drug-likeness (QED) is 0.487. The number of hydrogen-bond acceptors (Lipinski definition) is 3. The molecule has 0 aliphatic carbocycles. The minimum atomic E-state index is -4.52. The molecule has 82 valence electrons. The fourth-order valence-corrected chi connectivity index (χ4v) is 1.02. The second-order valence-corrected chi connectivity index (χ2v) is 3.58. The molecule has 0 spiro atoms. The molecule has 0 fully saturated rings. The first-order chi connectivity index (χ1) is 6.86. The van der Waals surface area contributed by atoms with Crippen LogP contribution >= 0.6 is 15.9 Å². The summed E-state index contributed by atoms with van der Waals surface area (Å²) in [5, 5.41) is 17.4. The number of alkyl halides is 4. The molecule has 1 atom stereocenters. The van der Waals surface area contributed by atoms with Crippen LogP contribution in [0.3, 0.4) is 0 Å². The lowest BCUT2D eigenvalue weighted by atomic mass is 10.4. The summed E-state index contributed by atoms with van der Waals surface area (Å²) in [5.41, 5.74) is -1.06. The smallest absolute Gasteiger partial charge is 0.311 e. The molecule has 1 heterocycles. The molecular formula is C7H6BrF3N4. The Morgan fingerprint density at radius 2 is 2.20 bits per heavy atom. The Labute approximate surface area is 91.2 Å². The van der Waals surface area contributed by atoms with E-state index in [1.165, 1.54) is 0 Å². The molecule has 1 rings (SSSR count). The molecule has 0 aliphatic heterocycles. The molecule has 0 aliphatic rings. The third kappa shape index (κ3) is 2.65. The first kappa shape index (κ1) is 11.9. The van der Waals surface area contributed by atoms with Gasteiger partial charge in [-0.15, -0.1) is 0 Å². The van der Waals surface area contributed by atoms with Crippen LogP contribution in [0, 0.1) is 10.8 Å². The molecule has 1 unspecified atom stereocenters. The van der Waals surface area contributed by atoms with E-state index in [4.69, 9.17) is 10.8 Å². The van der Waals surface area contributed by atoms with Crippen molar-refractivity contribution in [2.24, 2.45) is 0 Å². The highest BCUT2D eigenvalue weighted by Gasteiger charge is 2.34. The van der Waals surface area contributed by atoms with Gasteiger partial charge in [-0.25, -0.2) is 4.68 Å². The molecule has 8 heteroatoms. The van der Waals surface area contributed by atoms with Gasteiger partial charge in [-0.3, -0.25) is 5.41 Å². The molecule has 2 N–H and O–H groups in total. The number of hydrogen-bond donors (Lipinski definition) is 2. The fourth-order valence-electron chi connectivity index (χ4n) is 0.815. The fraction of sp³-hybridized carbons (Fsp3) is 0.286. The maximum absolute atomic E-state index is 12.1. The predicted octanol–water partition coefficient (Wildman–Crippen LogP) is 2.14. The molecule has 4 nitrogen and oxygen atoms in total. The maximum Gasteiger partial charge on any atom is 0.435 e. The van der Waals surface area contributed by atoms with Crippen molar-refractivity contribution >= 4 is 28.0 Å². The molecule has 0 amide bonds. The summed E-state index contributed by atoms with van der Waals surface area (Å²) in [6, 6.07) is 0.776. The largest absolute Gasteiger partial charge is 0.435 e. The van der Waals surface area contributed by atoms with E-state index < -0.39 is 16.7 Å². The average Bonchev–Trinajstić information content (AvgIpc) is 2.63. The molecule has 0 bridgehead atoms. The summed E-state index contributed by atoms with van der Waals surface area (Å²) in [5.74, 6) is -0.250. The first-order valence-corrected chi connectivity index (χ1v) is 4.64. The number of halogens is 4. The summed E-state index contributed by atoms with van der Waals surface area (Å²) < 4.78 is 37.2. The number of aromatic nitrogens is 2. The van der Waals surface area contributed by atoms with Crippen LogP contribution in [0.4, 0.5) is 13.2 Å². The lowest BCUT2D eigenvalue weighted by Gasteiger charge is -2.05.